The van der Waals surface area contributed by atoms with Crippen molar-refractivity contribution in [3.05, 3.63) is 88.9 Å². The minimum atomic E-state index is -0.220. The Balaban J connectivity index is 1.23. The summed E-state index contributed by atoms with van der Waals surface area (Å²) in [5.74, 6) is 0.711. The maximum atomic E-state index is 13.9. The summed E-state index contributed by atoms with van der Waals surface area (Å²) in [7, 11) is 0. The molecule has 0 spiro atoms. The number of rotatable bonds is 8. The summed E-state index contributed by atoms with van der Waals surface area (Å²) in [6.07, 6.45) is 1.48. The summed E-state index contributed by atoms with van der Waals surface area (Å²) in [4.78, 5) is 46.2. The molecule has 2 aliphatic heterocycles. The number of fused-ring (bicyclic) bond motifs is 1. The molecule has 0 N–H and O–H groups in total. The van der Waals surface area contributed by atoms with Crippen LogP contribution in [0.2, 0.25) is 5.02 Å². The van der Waals surface area contributed by atoms with E-state index >= 15 is 0 Å². The summed E-state index contributed by atoms with van der Waals surface area (Å²) in [5.41, 5.74) is 3.09. The highest BCUT2D eigenvalue weighted by Gasteiger charge is 2.38. The molecule has 2 heterocycles. The number of anilines is 2. The minimum absolute atomic E-state index is 0.0692. The lowest BCUT2D eigenvalue weighted by Crippen LogP contribution is -2.48. The van der Waals surface area contributed by atoms with Crippen LogP contribution in [0.1, 0.15) is 55.6 Å². The Morgan fingerprint density at radius 2 is 1.58 bits per heavy atom. The van der Waals surface area contributed by atoms with Crippen LogP contribution in [-0.4, -0.2) is 72.9 Å². The SMILES string of the molecule is CC(=O)N1CCN(CCCOc2ccc(C(=O)N3c4ccccc4C(N(C(C)=O)c4ccc(Cl)cc4)CC3C)cc2)CC1. The second-order valence-corrected chi connectivity index (χ2v) is 11.7. The predicted molar refractivity (Wildman–Crippen MR) is 170 cm³/mol. The van der Waals surface area contributed by atoms with E-state index in [1.54, 1.807) is 30.9 Å². The van der Waals surface area contributed by atoms with Gasteiger partial charge in [0.2, 0.25) is 11.8 Å². The Morgan fingerprint density at radius 1 is 0.907 bits per heavy atom. The summed E-state index contributed by atoms with van der Waals surface area (Å²) in [5, 5.41) is 0.610. The van der Waals surface area contributed by atoms with Crippen molar-refractivity contribution in [1.29, 1.82) is 0 Å². The van der Waals surface area contributed by atoms with E-state index in [2.05, 4.69) is 4.90 Å². The first-order chi connectivity index (χ1) is 20.7. The molecule has 5 rings (SSSR count). The van der Waals surface area contributed by atoms with Crippen molar-refractivity contribution in [1.82, 2.24) is 9.80 Å². The summed E-state index contributed by atoms with van der Waals surface area (Å²) in [6.45, 7) is 10.1. The Hall–Kier alpha value is -3.88. The van der Waals surface area contributed by atoms with Gasteiger partial charge in [-0.15, -0.1) is 0 Å². The number of carbonyl (C=O) groups excluding carboxylic acids is 3. The van der Waals surface area contributed by atoms with E-state index in [9.17, 15) is 14.4 Å². The summed E-state index contributed by atoms with van der Waals surface area (Å²) in [6, 6.07) is 22.1. The van der Waals surface area contributed by atoms with Gasteiger partial charge in [0.15, 0.2) is 0 Å². The Labute approximate surface area is 258 Å². The van der Waals surface area contributed by atoms with Crippen molar-refractivity contribution in [2.75, 3.05) is 49.1 Å². The van der Waals surface area contributed by atoms with Gasteiger partial charge in [-0.2, -0.15) is 0 Å². The minimum Gasteiger partial charge on any atom is -0.494 e. The smallest absolute Gasteiger partial charge is 0.258 e. The highest BCUT2D eigenvalue weighted by atomic mass is 35.5. The molecule has 226 valence electrons. The number of halogens is 1. The van der Waals surface area contributed by atoms with Gasteiger partial charge in [-0.1, -0.05) is 29.8 Å². The number of ether oxygens (including phenoxy) is 1. The number of benzene rings is 3. The second-order valence-electron chi connectivity index (χ2n) is 11.3. The quantitative estimate of drug-likeness (QED) is 0.305. The maximum absolute atomic E-state index is 13.9. The molecule has 3 aromatic rings. The third kappa shape index (κ3) is 7.03. The first-order valence-electron chi connectivity index (χ1n) is 14.9. The van der Waals surface area contributed by atoms with Gasteiger partial charge in [0.05, 0.1) is 12.6 Å². The van der Waals surface area contributed by atoms with Crippen LogP contribution in [0.5, 0.6) is 5.75 Å². The van der Waals surface area contributed by atoms with Crippen molar-refractivity contribution in [2.45, 2.75) is 45.7 Å². The fourth-order valence-electron chi connectivity index (χ4n) is 6.12. The van der Waals surface area contributed by atoms with Crippen LogP contribution in [-0.2, 0) is 9.59 Å². The van der Waals surface area contributed by atoms with Crippen LogP contribution >= 0.6 is 11.6 Å². The summed E-state index contributed by atoms with van der Waals surface area (Å²) >= 11 is 6.11. The highest BCUT2D eigenvalue weighted by Crippen LogP contribution is 2.43. The van der Waals surface area contributed by atoms with Crippen LogP contribution in [0.25, 0.3) is 0 Å². The van der Waals surface area contributed by atoms with Crippen molar-refractivity contribution in [3.8, 4) is 5.75 Å². The van der Waals surface area contributed by atoms with E-state index in [4.69, 9.17) is 16.3 Å². The number of hydrogen-bond donors (Lipinski definition) is 0. The molecule has 43 heavy (non-hydrogen) atoms. The van der Waals surface area contributed by atoms with Gasteiger partial charge in [-0.05, 0) is 79.9 Å². The van der Waals surface area contributed by atoms with E-state index in [0.29, 0.717) is 23.6 Å². The fraction of sp³-hybridized carbons (Fsp3) is 0.382. The van der Waals surface area contributed by atoms with E-state index in [1.807, 2.05) is 77.4 Å². The molecule has 0 aromatic heterocycles. The number of piperazine rings is 1. The van der Waals surface area contributed by atoms with Gasteiger partial charge in [-0.25, -0.2) is 0 Å². The molecule has 9 heteroatoms. The van der Waals surface area contributed by atoms with Crippen molar-refractivity contribution >= 4 is 40.7 Å². The molecule has 8 nitrogen and oxygen atoms in total. The summed E-state index contributed by atoms with van der Waals surface area (Å²) < 4.78 is 5.96. The fourth-order valence-corrected chi connectivity index (χ4v) is 6.24. The number of carbonyl (C=O) groups is 3. The molecule has 0 aliphatic carbocycles. The highest BCUT2D eigenvalue weighted by molar-refractivity contribution is 6.30. The standard InChI is InChI=1S/C34H39ClN4O4/c1-24-23-33(39(26(3)41)29-13-11-28(35)12-14-29)31-7-4-5-8-32(31)38(24)34(42)27-9-15-30(16-10-27)43-22-6-17-36-18-20-37(21-19-36)25(2)40/h4-5,7-16,24,33H,6,17-23H2,1-3H3. The topological polar surface area (TPSA) is 73.4 Å². The first-order valence-corrected chi connectivity index (χ1v) is 15.3. The van der Waals surface area contributed by atoms with Gasteiger partial charge in [-0.3, -0.25) is 19.3 Å². The number of amides is 3. The van der Waals surface area contributed by atoms with Crippen molar-refractivity contribution < 1.29 is 19.1 Å². The number of nitrogens with zero attached hydrogens (tertiary/aromatic N) is 4. The average Bonchev–Trinajstić information content (AvgIpc) is 3.00. The molecule has 0 radical (unpaired) electrons. The molecule has 0 bridgehead atoms. The molecule has 3 aromatic carbocycles. The van der Waals surface area contributed by atoms with Crippen LogP contribution < -0.4 is 14.5 Å². The molecule has 2 unspecified atom stereocenters. The molecular formula is C34H39ClN4O4. The third-order valence-corrected chi connectivity index (χ3v) is 8.59. The zero-order valence-corrected chi connectivity index (χ0v) is 25.8. The lowest BCUT2D eigenvalue weighted by atomic mass is 9.89. The second kappa shape index (κ2) is 13.6. The normalized spacial score (nSPS) is 18.6. The number of para-hydroxylation sites is 1. The van der Waals surface area contributed by atoms with Crippen LogP contribution in [0.15, 0.2) is 72.8 Å². The molecule has 2 atom stereocenters. The zero-order chi connectivity index (χ0) is 30.5. The van der Waals surface area contributed by atoms with E-state index in [1.165, 1.54) is 0 Å². The van der Waals surface area contributed by atoms with Gasteiger partial charge in [0, 0.05) is 74.6 Å². The van der Waals surface area contributed by atoms with Crippen molar-refractivity contribution in [2.24, 2.45) is 0 Å². The molecule has 1 fully saturated rings. The molecule has 2 aliphatic rings. The third-order valence-electron chi connectivity index (χ3n) is 8.34. The van der Waals surface area contributed by atoms with Crippen LogP contribution in [0, 0.1) is 0 Å². The average molecular weight is 603 g/mol. The Kier molecular flexibility index (Phi) is 9.68. The maximum Gasteiger partial charge on any atom is 0.258 e. The molecule has 3 amide bonds. The lowest BCUT2D eigenvalue weighted by molar-refractivity contribution is -0.130. The predicted octanol–water partition coefficient (Wildman–Crippen LogP) is 5.81. The largest absolute Gasteiger partial charge is 0.494 e. The van der Waals surface area contributed by atoms with E-state index < -0.39 is 0 Å². The molecule has 1 saturated heterocycles. The van der Waals surface area contributed by atoms with E-state index in [-0.39, 0.29) is 29.8 Å². The first kappa shape index (κ1) is 30.6. The monoisotopic (exact) mass is 602 g/mol. The van der Waals surface area contributed by atoms with Gasteiger partial charge in [0.1, 0.15) is 5.75 Å². The number of hydrogen-bond acceptors (Lipinski definition) is 5. The van der Waals surface area contributed by atoms with Gasteiger partial charge in [0.25, 0.3) is 5.91 Å². The lowest BCUT2D eigenvalue weighted by Gasteiger charge is -2.43. The van der Waals surface area contributed by atoms with Crippen molar-refractivity contribution in [3.63, 3.8) is 0 Å². The van der Waals surface area contributed by atoms with Crippen LogP contribution in [0.4, 0.5) is 11.4 Å². The Bertz CT molecular complexity index is 1440. The van der Waals surface area contributed by atoms with Crippen LogP contribution in [0.3, 0.4) is 0 Å². The molecule has 0 saturated carbocycles. The van der Waals surface area contributed by atoms with Gasteiger partial charge >= 0.3 is 0 Å². The van der Waals surface area contributed by atoms with E-state index in [0.717, 1.165) is 61.8 Å². The Morgan fingerprint density at radius 3 is 2.23 bits per heavy atom. The van der Waals surface area contributed by atoms with Gasteiger partial charge < -0.3 is 19.4 Å². The molecular weight excluding hydrogens is 564 g/mol. The zero-order valence-electron chi connectivity index (χ0n) is 25.0.